The van der Waals surface area contributed by atoms with E-state index in [0.717, 1.165) is 0 Å². The number of hydrogen-bond acceptors (Lipinski definition) is 7. The monoisotopic (exact) mass is 306 g/mol. The molecule has 0 bridgehead atoms. The van der Waals surface area contributed by atoms with Gasteiger partial charge in [-0.2, -0.15) is 0 Å². The highest BCUT2D eigenvalue weighted by Gasteiger charge is 2.03. The van der Waals surface area contributed by atoms with Gasteiger partial charge in [-0.25, -0.2) is 14.8 Å². The van der Waals surface area contributed by atoms with Crippen molar-refractivity contribution < 1.29 is 14.6 Å². The number of thioether (sulfide) groups is 1. The molecule has 5 N–H and O–H groups in total. The lowest BCUT2D eigenvalue weighted by Gasteiger charge is -2.06. The standard InChI is InChI=1S/C13H14N4O3S/c14-10-7-11(15)17-13(16-10)21-6-5-20-9-3-1-8(2-4-9)12(18)19/h1-4,7H,5-6H2,(H,18,19)(H4,14,15,16,17). The molecule has 1 aromatic carbocycles. The Morgan fingerprint density at radius 2 is 1.81 bits per heavy atom. The van der Waals surface area contributed by atoms with Gasteiger partial charge in [-0.05, 0) is 24.3 Å². The van der Waals surface area contributed by atoms with Gasteiger partial charge in [0.05, 0.1) is 12.2 Å². The van der Waals surface area contributed by atoms with Crippen LogP contribution in [0.3, 0.4) is 0 Å². The van der Waals surface area contributed by atoms with Crippen LogP contribution in [0.4, 0.5) is 11.6 Å². The topological polar surface area (TPSA) is 124 Å². The van der Waals surface area contributed by atoms with E-state index in [2.05, 4.69) is 9.97 Å². The zero-order chi connectivity index (χ0) is 15.2. The Labute approximate surface area is 125 Å². The number of carboxylic acids is 1. The Kier molecular flexibility index (Phi) is 4.83. The van der Waals surface area contributed by atoms with E-state index in [1.807, 2.05) is 0 Å². The van der Waals surface area contributed by atoms with Gasteiger partial charge in [0, 0.05) is 11.8 Å². The molecule has 0 unspecified atom stereocenters. The second-order valence-corrected chi connectivity index (χ2v) is 5.09. The maximum atomic E-state index is 10.7. The number of ether oxygens (including phenoxy) is 1. The summed E-state index contributed by atoms with van der Waals surface area (Å²) in [4.78, 5) is 18.8. The molecular formula is C13H14N4O3S. The molecule has 0 radical (unpaired) electrons. The van der Waals surface area contributed by atoms with E-state index in [1.165, 1.54) is 30.0 Å². The Hall–Kier alpha value is -2.48. The van der Waals surface area contributed by atoms with Crippen molar-refractivity contribution in [1.29, 1.82) is 0 Å². The maximum Gasteiger partial charge on any atom is 0.335 e. The number of benzene rings is 1. The summed E-state index contributed by atoms with van der Waals surface area (Å²) in [7, 11) is 0. The maximum absolute atomic E-state index is 10.7. The molecule has 1 heterocycles. The van der Waals surface area contributed by atoms with E-state index in [1.54, 1.807) is 12.1 Å². The summed E-state index contributed by atoms with van der Waals surface area (Å²) in [6.45, 7) is 0.426. The lowest BCUT2D eigenvalue weighted by atomic mass is 10.2. The van der Waals surface area contributed by atoms with Crippen molar-refractivity contribution >= 4 is 29.4 Å². The van der Waals surface area contributed by atoms with Gasteiger partial charge in [-0.3, -0.25) is 0 Å². The van der Waals surface area contributed by atoms with E-state index < -0.39 is 5.97 Å². The highest BCUT2D eigenvalue weighted by Crippen LogP contribution is 2.17. The average molecular weight is 306 g/mol. The SMILES string of the molecule is Nc1cc(N)nc(SCCOc2ccc(C(=O)O)cc2)n1. The van der Waals surface area contributed by atoms with Crippen molar-refractivity contribution in [2.24, 2.45) is 0 Å². The van der Waals surface area contributed by atoms with Crippen molar-refractivity contribution in [1.82, 2.24) is 9.97 Å². The number of aromatic carboxylic acids is 1. The lowest BCUT2D eigenvalue weighted by molar-refractivity contribution is 0.0697. The van der Waals surface area contributed by atoms with Crippen LogP contribution in [0, 0.1) is 0 Å². The fraction of sp³-hybridized carbons (Fsp3) is 0.154. The van der Waals surface area contributed by atoms with Gasteiger partial charge in [0.15, 0.2) is 5.16 Å². The van der Waals surface area contributed by atoms with Crippen molar-refractivity contribution in [3.63, 3.8) is 0 Å². The number of aromatic nitrogens is 2. The highest BCUT2D eigenvalue weighted by atomic mass is 32.2. The number of carbonyl (C=O) groups is 1. The molecule has 2 aromatic rings. The molecule has 0 spiro atoms. The molecular weight excluding hydrogens is 292 g/mol. The Bertz CT molecular complexity index is 614. The summed E-state index contributed by atoms with van der Waals surface area (Å²) < 4.78 is 5.49. The van der Waals surface area contributed by atoms with Gasteiger partial charge in [-0.1, -0.05) is 11.8 Å². The normalized spacial score (nSPS) is 10.3. The molecule has 2 rings (SSSR count). The minimum atomic E-state index is -0.964. The zero-order valence-corrected chi connectivity index (χ0v) is 11.8. The fourth-order valence-electron chi connectivity index (χ4n) is 1.51. The summed E-state index contributed by atoms with van der Waals surface area (Å²) >= 11 is 1.37. The molecule has 0 saturated heterocycles. The number of nitrogen functional groups attached to an aromatic ring is 2. The molecule has 0 aliphatic carbocycles. The van der Waals surface area contributed by atoms with Crippen LogP contribution in [0.5, 0.6) is 5.75 Å². The van der Waals surface area contributed by atoms with Crippen molar-refractivity contribution in [3.05, 3.63) is 35.9 Å². The Morgan fingerprint density at radius 1 is 1.19 bits per heavy atom. The third kappa shape index (κ3) is 4.53. The van der Waals surface area contributed by atoms with Crippen LogP contribution in [-0.2, 0) is 0 Å². The predicted molar refractivity (Wildman–Crippen MR) is 80.5 cm³/mol. The van der Waals surface area contributed by atoms with Crippen molar-refractivity contribution in [2.75, 3.05) is 23.8 Å². The number of nitrogens with zero attached hydrogens (tertiary/aromatic N) is 2. The molecule has 0 amide bonds. The molecule has 7 nitrogen and oxygen atoms in total. The molecule has 0 fully saturated rings. The first-order valence-corrected chi connectivity index (χ1v) is 7.02. The molecule has 21 heavy (non-hydrogen) atoms. The predicted octanol–water partition coefficient (Wildman–Crippen LogP) is 1.51. The number of anilines is 2. The minimum absolute atomic E-state index is 0.223. The first-order valence-electron chi connectivity index (χ1n) is 6.03. The Balaban J connectivity index is 1.80. The zero-order valence-electron chi connectivity index (χ0n) is 11.0. The van der Waals surface area contributed by atoms with Crippen LogP contribution in [0.1, 0.15) is 10.4 Å². The van der Waals surface area contributed by atoms with E-state index in [4.69, 9.17) is 21.3 Å². The van der Waals surface area contributed by atoms with Crippen LogP contribution >= 0.6 is 11.8 Å². The molecule has 8 heteroatoms. The summed E-state index contributed by atoms with van der Waals surface area (Å²) in [5, 5.41) is 9.28. The fourth-order valence-corrected chi connectivity index (χ4v) is 2.20. The molecule has 0 atom stereocenters. The first kappa shape index (κ1) is 14.9. The van der Waals surface area contributed by atoms with E-state index in [9.17, 15) is 4.79 Å². The quantitative estimate of drug-likeness (QED) is 0.417. The molecule has 1 aromatic heterocycles. The molecule has 110 valence electrons. The van der Waals surface area contributed by atoms with Crippen LogP contribution in [0.25, 0.3) is 0 Å². The second-order valence-electron chi connectivity index (χ2n) is 4.03. The van der Waals surface area contributed by atoms with E-state index >= 15 is 0 Å². The molecule has 0 aliphatic heterocycles. The minimum Gasteiger partial charge on any atom is -0.493 e. The van der Waals surface area contributed by atoms with E-state index in [0.29, 0.717) is 34.9 Å². The lowest BCUT2D eigenvalue weighted by Crippen LogP contribution is -2.03. The third-order valence-corrected chi connectivity index (χ3v) is 3.24. The van der Waals surface area contributed by atoms with Crippen molar-refractivity contribution in [2.45, 2.75) is 5.16 Å². The number of nitrogens with two attached hydrogens (primary N) is 2. The number of rotatable bonds is 6. The largest absolute Gasteiger partial charge is 0.493 e. The van der Waals surface area contributed by atoms with Gasteiger partial charge >= 0.3 is 5.97 Å². The van der Waals surface area contributed by atoms with Crippen molar-refractivity contribution in [3.8, 4) is 5.75 Å². The highest BCUT2D eigenvalue weighted by molar-refractivity contribution is 7.99. The second kappa shape index (κ2) is 6.80. The van der Waals surface area contributed by atoms with Gasteiger partial charge in [0.25, 0.3) is 0 Å². The summed E-state index contributed by atoms with van der Waals surface area (Å²) in [6.07, 6.45) is 0. The summed E-state index contributed by atoms with van der Waals surface area (Å²) in [6, 6.07) is 7.70. The number of carboxylic acid groups (broad SMARTS) is 1. The molecule has 0 saturated carbocycles. The summed E-state index contributed by atoms with van der Waals surface area (Å²) in [5.41, 5.74) is 11.4. The van der Waals surface area contributed by atoms with Gasteiger partial charge < -0.3 is 21.3 Å². The number of hydrogen-bond donors (Lipinski definition) is 3. The Morgan fingerprint density at radius 3 is 2.38 bits per heavy atom. The van der Waals surface area contributed by atoms with Crippen LogP contribution < -0.4 is 16.2 Å². The van der Waals surface area contributed by atoms with Crippen LogP contribution in [0.2, 0.25) is 0 Å². The first-order chi connectivity index (χ1) is 10.0. The van der Waals surface area contributed by atoms with E-state index in [-0.39, 0.29) is 5.56 Å². The molecule has 0 aliphatic rings. The van der Waals surface area contributed by atoms with Crippen LogP contribution in [0.15, 0.2) is 35.5 Å². The van der Waals surface area contributed by atoms with Gasteiger partial charge in [-0.15, -0.1) is 0 Å². The third-order valence-electron chi connectivity index (χ3n) is 2.43. The van der Waals surface area contributed by atoms with Crippen LogP contribution in [-0.4, -0.2) is 33.4 Å². The smallest absolute Gasteiger partial charge is 0.335 e. The average Bonchev–Trinajstić information content (AvgIpc) is 2.43. The summed E-state index contributed by atoms with van der Waals surface area (Å²) in [5.74, 6) is 0.913. The van der Waals surface area contributed by atoms with Gasteiger partial charge in [0.2, 0.25) is 0 Å². The van der Waals surface area contributed by atoms with Gasteiger partial charge in [0.1, 0.15) is 17.4 Å².